The average molecular weight is 245 g/mol. The zero-order valence-electron chi connectivity index (χ0n) is 11.1. The number of Topliss-reactive ketones (excluding diaryl/α,β-unsaturated/α-hetero) is 1. The van der Waals surface area contributed by atoms with E-state index >= 15 is 0 Å². The molecule has 2 N–H and O–H groups in total. The molecule has 0 aromatic heterocycles. The van der Waals surface area contributed by atoms with Gasteiger partial charge in [0.1, 0.15) is 11.6 Å². The minimum Gasteiger partial charge on any atom is -0.444 e. The van der Waals surface area contributed by atoms with Gasteiger partial charge in [-0.15, -0.1) is 0 Å². The second-order valence-corrected chi connectivity index (χ2v) is 4.95. The van der Waals surface area contributed by atoms with Crippen LogP contribution in [0, 0.1) is 0 Å². The molecule has 5 nitrogen and oxygen atoms in total. The van der Waals surface area contributed by atoms with Crippen LogP contribution < -0.4 is 5.32 Å². The van der Waals surface area contributed by atoms with Crippen molar-refractivity contribution in [3.05, 3.63) is 0 Å². The monoisotopic (exact) mass is 245 g/mol. The molecule has 1 amide bonds. The van der Waals surface area contributed by atoms with E-state index in [1.807, 2.05) is 6.92 Å². The Hall–Kier alpha value is -1.10. The van der Waals surface area contributed by atoms with Crippen molar-refractivity contribution in [2.45, 2.75) is 58.6 Å². The van der Waals surface area contributed by atoms with Crippen molar-refractivity contribution in [1.29, 1.82) is 0 Å². The highest BCUT2D eigenvalue weighted by Crippen LogP contribution is 2.07. The van der Waals surface area contributed by atoms with Crippen LogP contribution in [0.25, 0.3) is 0 Å². The molecule has 17 heavy (non-hydrogen) atoms. The number of nitrogens with one attached hydrogen (secondary N) is 1. The molecule has 0 aliphatic carbocycles. The normalized spacial score (nSPS) is 13.0. The van der Waals surface area contributed by atoms with Gasteiger partial charge in [0.25, 0.3) is 0 Å². The highest BCUT2D eigenvalue weighted by molar-refractivity contribution is 5.87. The fourth-order valence-electron chi connectivity index (χ4n) is 1.20. The summed E-state index contributed by atoms with van der Waals surface area (Å²) in [6, 6.07) is -0.864. The van der Waals surface area contributed by atoms with Crippen molar-refractivity contribution < 1.29 is 19.4 Å². The molecule has 0 radical (unpaired) electrons. The molecule has 0 bridgehead atoms. The summed E-state index contributed by atoms with van der Waals surface area (Å²) in [5, 5.41) is 11.4. The van der Waals surface area contributed by atoms with Gasteiger partial charge >= 0.3 is 6.09 Å². The summed E-state index contributed by atoms with van der Waals surface area (Å²) in [4.78, 5) is 23.0. The van der Waals surface area contributed by atoms with Crippen molar-refractivity contribution in [2.75, 3.05) is 6.61 Å². The van der Waals surface area contributed by atoms with E-state index in [-0.39, 0.29) is 5.78 Å². The van der Waals surface area contributed by atoms with Gasteiger partial charge in [-0.05, 0) is 27.2 Å². The quantitative estimate of drug-likeness (QED) is 0.745. The van der Waals surface area contributed by atoms with E-state index in [4.69, 9.17) is 9.84 Å². The van der Waals surface area contributed by atoms with Crippen molar-refractivity contribution in [2.24, 2.45) is 0 Å². The lowest BCUT2D eigenvalue weighted by Crippen LogP contribution is -2.45. The minimum atomic E-state index is -0.864. The van der Waals surface area contributed by atoms with E-state index in [0.717, 1.165) is 12.8 Å². The van der Waals surface area contributed by atoms with E-state index in [9.17, 15) is 9.59 Å². The first-order valence-electron chi connectivity index (χ1n) is 5.93. The number of amides is 1. The molecule has 5 heteroatoms. The van der Waals surface area contributed by atoms with Gasteiger partial charge in [-0.25, -0.2) is 4.79 Å². The van der Waals surface area contributed by atoms with E-state index in [2.05, 4.69) is 5.32 Å². The van der Waals surface area contributed by atoms with Crippen LogP contribution in [-0.2, 0) is 9.53 Å². The van der Waals surface area contributed by atoms with Crippen molar-refractivity contribution in [1.82, 2.24) is 5.32 Å². The molecule has 0 saturated heterocycles. The number of aliphatic hydroxyl groups excluding tert-OH is 1. The molecule has 0 heterocycles. The van der Waals surface area contributed by atoms with E-state index in [0.29, 0.717) is 6.42 Å². The van der Waals surface area contributed by atoms with Gasteiger partial charge in [0.15, 0.2) is 5.78 Å². The maximum Gasteiger partial charge on any atom is 0.408 e. The first kappa shape index (κ1) is 15.9. The molecule has 0 aromatic rings. The van der Waals surface area contributed by atoms with Crippen LogP contribution in [0.2, 0.25) is 0 Å². The number of hydrogen-bond donors (Lipinski definition) is 2. The Bertz CT molecular complexity index is 258. The Morgan fingerprint density at radius 3 is 2.35 bits per heavy atom. The molecule has 100 valence electrons. The van der Waals surface area contributed by atoms with Gasteiger partial charge < -0.3 is 15.2 Å². The molecular weight excluding hydrogens is 222 g/mol. The summed E-state index contributed by atoms with van der Waals surface area (Å²) in [6.45, 7) is 6.78. The van der Waals surface area contributed by atoms with E-state index in [1.54, 1.807) is 20.8 Å². The smallest absolute Gasteiger partial charge is 0.408 e. The number of ether oxygens (including phenoxy) is 1. The first-order valence-corrected chi connectivity index (χ1v) is 5.93. The van der Waals surface area contributed by atoms with E-state index < -0.39 is 24.3 Å². The lowest BCUT2D eigenvalue weighted by Gasteiger charge is -2.22. The molecule has 0 aliphatic rings. The molecule has 0 fully saturated rings. The second-order valence-electron chi connectivity index (χ2n) is 4.95. The zero-order valence-corrected chi connectivity index (χ0v) is 11.1. The van der Waals surface area contributed by atoms with Crippen LogP contribution in [0.5, 0.6) is 0 Å². The number of alkyl carbamates (subject to hydrolysis) is 1. The Labute approximate surface area is 103 Å². The lowest BCUT2D eigenvalue weighted by atomic mass is 10.1. The predicted molar refractivity (Wildman–Crippen MR) is 64.8 cm³/mol. The SMILES string of the molecule is CCCCC(=O)C(CO)NC(=O)OC(C)(C)C. The number of hydrogen-bond acceptors (Lipinski definition) is 4. The Kier molecular flexibility index (Phi) is 6.80. The fraction of sp³-hybridized carbons (Fsp3) is 0.833. The van der Waals surface area contributed by atoms with Crippen LogP contribution in [0.3, 0.4) is 0 Å². The predicted octanol–water partition coefficient (Wildman–Crippen LogP) is 1.63. The fourth-order valence-corrected chi connectivity index (χ4v) is 1.20. The van der Waals surface area contributed by atoms with Gasteiger partial charge in [-0.3, -0.25) is 4.79 Å². The summed E-state index contributed by atoms with van der Waals surface area (Å²) >= 11 is 0. The average Bonchev–Trinajstić information content (AvgIpc) is 2.19. The maximum atomic E-state index is 11.6. The third-order valence-electron chi connectivity index (χ3n) is 2.04. The second kappa shape index (κ2) is 7.27. The Morgan fingerprint density at radius 2 is 1.94 bits per heavy atom. The summed E-state index contributed by atoms with van der Waals surface area (Å²) in [5.74, 6) is -0.166. The summed E-state index contributed by atoms with van der Waals surface area (Å²) in [5.41, 5.74) is -0.615. The minimum absolute atomic E-state index is 0.166. The largest absolute Gasteiger partial charge is 0.444 e. The number of carbonyl (C=O) groups is 2. The number of aliphatic hydroxyl groups is 1. The highest BCUT2D eigenvalue weighted by Gasteiger charge is 2.22. The summed E-state index contributed by atoms with van der Waals surface area (Å²) in [7, 11) is 0. The number of ketones is 1. The number of unbranched alkanes of at least 4 members (excludes halogenated alkanes) is 1. The number of rotatable bonds is 6. The van der Waals surface area contributed by atoms with Crippen molar-refractivity contribution >= 4 is 11.9 Å². The lowest BCUT2D eigenvalue weighted by molar-refractivity contribution is -0.122. The molecule has 1 unspecified atom stereocenters. The zero-order chi connectivity index (χ0) is 13.5. The van der Waals surface area contributed by atoms with Crippen molar-refractivity contribution in [3.8, 4) is 0 Å². The van der Waals surface area contributed by atoms with Crippen molar-refractivity contribution in [3.63, 3.8) is 0 Å². The highest BCUT2D eigenvalue weighted by atomic mass is 16.6. The standard InChI is InChI=1S/C12H23NO4/c1-5-6-7-10(15)9(8-14)13-11(16)17-12(2,3)4/h9,14H,5-8H2,1-4H3,(H,13,16). The molecule has 1 atom stereocenters. The Balaban J connectivity index is 4.21. The topological polar surface area (TPSA) is 75.6 Å². The molecule has 0 spiro atoms. The van der Waals surface area contributed by atoms with Gasteiger partial charge in [0, 0.05) is 6.42 Å². The summed E-state index contributed by atoms with van der Waals surface area (Å²) in [6.07, 6.45) is 1.33. The maximum absolute atomic E-state index is 11.6. The molecule has 0 aromatic carbocycles. The Morgan fingerprint density at radius 1 is 1.35 bits per heavy atom. The van der Waals surface area contributed by atoms with Gasteiger partial charge in [-0.2, -0.15) is 0 Å². The van der Waals surface area contributed by atoms with Crippen LogP contribution in [0.4, 0.5) is 4.79 Å². The third-order valence-corrected chi connectivity index (χ3v) is 2.04. The van der Waals surface area contributed by atoms with Gasteiger partial charge in [-0.1, -0.05) is 13.3 Å². The van der Waals surface area contributed by atoms with Crippen LogP contribution in [0.15, 0.2) is 0 Å². The molecule has 0 rings (SSSR count). The molecule has 0 aliphatic heterocycles. The van der Waals surface area contributed by atoms with Gasteiger partial charge in [0.2, 0.25) is 0 Å². The van der Waals surface area contributed by atoms with Gasteiger partial charge in [0.05, 0.1) is 6.61 Å². The van der Waals surface area contributed by atoms with Crippen LogP contribution >= 0.6 is 0 Å². The van der Waals surface area contributed by atoms with Crippen LogP contribution in [-0.4, -0.2) is 35.2 Å². The third kappa shape index (κ3) is 7.74. The van der Waals surface area contributed by atoms with E-state index in [1.165, 1.54) is 0 Å². The molecule has 0 saturated carbocycles. The summed E-state index contributed by atoms with van der Waals surface area (Å²) < 4.78 is 5.01. The number of carbonyl (C=O) groups excluding carboxylic acids is 2. The van der Waals surface area contributed by atoms with Crippen LogP contribution in [0.1, 0.15) is 47.0 Å². The first-order chi connectivity index (χ1) is 7.80. The molecular formula is C12H23NO4.